The minimum Gasteiger partial charge on any atom is -0.465 e. The molecule has 0 radical (unpaired) electrons. The first kappa shape index (κ1) is 15.7. The van der Waals surface area contributed by atoms with Crippen LogP contribution in [0.3, 0.4) is 0 Å². The van der Waals surface area contributed by atoms with Crippen LogP contribution in [-0.2, 0) is 19.4 Å². The standard InChI is InChI=1S/C14H20O4S/c1-5-12(14(15)18-6-2)19(16,17)13-9-10(3)7-8-11(13)4/h7-9,12H,5-6H2,1-4H3. The summed E-state index contributed by atoms with van der Waals surface area (Å²) in [5.74, 6) is -0.675. The van der Waals surface area contributed by atoms with Crippen LogP contribution in [0.1, 0.15) is 31.4 Å². The largest absolute Gasteiger partial charge is 0.465 e. The highest BCUT2D eigenvalue weighted by atomic mass is 32.2. The van der Waals surface area contributed by atoms with Gasteiger partial charge in [-0.05, 0) is 44.4 Å². The van der Waals surface area contributed by atoms with E-state index in [-0.39, 0.29) is 17.9 Å². The Hall–Kier alpha value is -1.36. The summed E-state index contributed by atoms with van der Waals surface area (Å²) in [4.78, 5) is 12.0. The lowest BCUT2D eigenvalue weighted by Gasteiger charge is -2.16. The molecule has 1 atom stereocenters. The first-order chi connectivity index (χ1) is 8.84. The zero-order valence-corrected chi connectivity index (χ0v) is 12.6. The Morgan fingerprint density at radius 1 is 1.26 bits per heavy atom. The quantitative estimate of drug-likeness (QED) is 0.779. The van der Waals surface area contributed by atoms with Crippen LogP contribution in [-0.4, -0.2) is 26.2 Å². The van der Waals surface area contributed by atoms with Gasteiger partial charge < -0.3 is 4.74 Å². The molecule has 1 unspecified atom stereocenters. The minimum absolute atomic E-state index is 0.178. The Bertz CT molecular complexity index is 561. The Morgan fingerprint density at radius 2 is 1.89 bits per heavy atom. The van der Waals surface area contributed by atoms with Gasteiger partial charge in [-0.1, -0.05) is 19.1 Å². The summed E-state index contributed by atoms with van der Waals surface area (Å²) < 4.78 is 30.0. The number of ether oxygens (including phenoxy) is 1. The fraction of sp³-hybridized carbons (Fsp3) is 0.500. The summed E-state index contributed by atoms with van der Waals surface area (Å²) in [7, 11) is -3.70. The molecule has 0 saturated carbocycles. The van der Waals surface area contributed by atoms with E-state index in [4.69, 9.17) is 4.74 Å². The normalized spacial score (nSPS) is 13.1. The molecule has 106 valence electrons. The van der Waals surface area contributed by atoms with Gasteiger partial charge in [-0.3, -0.25) is 4.79 Å². The average molecular weight is 284 g/mol. The van der Waals surface area contributed by atoms with E-state index in [0.717, 1.165) is 5.56 Å². The molecular weight excluding hydrogens is 264 g/mol. The molecule has 0 amide bonds. The number of rotatable bonds is 5. The molecule has 0 heterocycles. The summed E-state index contributed by atoms with van der Waals surface area (Å²) >= 11 is 0. The van der Waals surface area contributed by atoms with E-state index in [1.54, 1.807) is 32.9 Å². The third-order valence-corrected chi connectivity index (χ3v) is 5.27. The molecular formula is C14H20O4S. The molecule has 1 aromatic rings. The minimum atomic E-state index is -3.70. The van der Waals surface area contributed by atoms with Crippen LogP contribution in [0.25, 0.3) is 0 Å². The highest BCUT2D eigenvalue weighted by molar-refractivity contribution is 7.92. The van der Waals surface area contributed by atoms with Crippen molar-refractivity contribution in [2.24, 2.45) is 0 Å². The van der Waals surface area contributed by atoms with Crippen LogP contribution in [0.4, 0.5) is 0 Å². The number of esters is 1. The lowest BCUT2D eigenvalue weighted by molar-refractivity contribution is -0.142. The maximum atomic E-state index is 12.6. The number of sulfone groups is 1. The molecule has 0 bridgehead atoms. The van der Waals surface area contributed by atoms with E-state index in [0.29, 0.717) is 5.56 Å². The summed E-state index contributed by atoms with van der Waals surface area (Å²) in [6.07, 6.45) is 0.203. The number of benzene rings is 1. The van der Waals surface area contributed by atoms with Crippen LogP contribution in [0.5, 0.6) is 0 Å². The average Bonchev–Trinajstić information content (AvgIpc) is 2.33. The van der Waals surface area contributed by atoms with Gasteiger partial charge in [0.2, 0.25) is 0 Å². The van der Waals surface area contributed by atoms with E-state index in [1.165, 1.54) is 0 Å². The van der Waals surface area contributed by atoms with Crippen LogP contribution in [0.2, 0.25) is 0 Å². The van der Waals surface area contributed by atoms with Gasteiger partial charge in [-0.15, -0.1) is 0 Å². The van der Waals surface area contributed by atoms with Gasteiger partial charge in [-0.2, -0.15) is 0 Å². The molecule has 0 aliphatic carbocycles. The predicted octanol–water partition coefficient (Wildman–Crippen LogP) is 2.42. The molecule has 19 heavy (non-hydrogen) atoms. The van der Waals surface area contributed by atoms with Gasteiger partial charge in [0.1, 0.15) is 0 Å². The Morgan fingerprint density at radius 3 is 2.42 bits per heavy atom. The van der Waals surface area contributed by atoms with Gasteiger partial charge in [0.05, 0.1) is 11.5 Å². The Labute approximate surface area is 114 Å². The van der Waals surface area contributed by atoms with Gasteiger partial charge in [0, 0.05) is 0 Å². The molecule has 1 rings (SSSR count). The van der Waals surface area contributed by atoms with Gasteiger partial charge in [-0.25, -0.2) is 8.42 Å². The van der Waals surface area contributed by atoms with E-state index >= 15 is 0 Å². The van der Waals surface area contributed by atoms with Crippen molar-refractivity contribution in [2.45, 2.75) is 44.3 Å². The highest BCUT2D eigenvalue weighted by Gasteiger charge is 2.34. The van der Waals surface area contributed by atoms with E-state index in [1.807, 2.05) is 13.0 Å². The van der Waals surface area contributed by atoms with Crippen molar-refractivity contribution in [1.82, 2.24) is 0 Å². The second-order valence-corrected chi connectivity index (χ2v) is 6.56. The molecule has 0 fully saturated rings. The van der Waals surface area contributed by atoms with E-state index in [9.17, 15) is 13.2 Å². The van der Waals surface area contributed by atoms with Crippen LogP contribution in [0, 0.1) is 13.8 Å². The zero-order chi connectivity index (χ0) is 14.6. The summed E-state index contributed by atoms with van der Waals surface area (Å²) in [5, 5.41) is -1.13. The summed E-state index contributed by atoms with van der Waals surface area (Å²) in [5.41, 5.74) is 1.50. The first-order valence-electron chi connectivity index (χ1n) is 6.32. The molecule has 0 saturated heterocycles. The van der Waals surface area contributed by atoms with Crippen LogP contribution >= 0.6 is 0 Å². The van der Waals surface area contributed by atoms with Crippen molar-refractivity contribution in [1.29, 1.82) is 0 Å². The third-order valence-electron chi connectivity index (χ3n) is 2.95. The first-order valence-corrected chi connectivity index (χ1v) is 7.87. The highest BCUT2D eigenvalue weighted by Crippen LogP contribution is 2.24. The van der Waals surface area contributed by atoms with Crippen molar-refractivity contribution < 1.29 is 17.9 Å². The van der Waals surface area contributed by atoms with Gasteiger partial charge >= 0.3 is 5.97 Å². The van der Waals surface area contributed by atoms with E-state index in [2.05, 4.69) is 0 Å². The Kier molecular flexibility index (Phi) is 5.11. The topological polar surface area (TPSA) is 60.4 Å². The number of aryl methyl sites for hydroxylation is 2. The fourth-order valence-corrected chi connectivity index (χ4v) is 3.85. The maximum absolute atomic E-state index is 12.6. The second kappa shape index (κ2) is 6.19. The van der Waals surface area contributed by atoms with Crippen molar-refractivity contribution in [3.8, 4) is 0 Å². The lowest BCUT2D eigenvalue weighted by Crippen LogP contribution is -2.32. The Balaban J connectivity index is 3.28. The number of hydrogen-bond acceptors (Lipinski definition) is 4. The molecule has 0 spiro atoms. The van der Waals surface area contributed by atoms with Crippen molar-refractivity contribution in [2.75, 3.05) is 6.61 Å². The van der Waals surface area contributed by atoms with Crippen molar-refractivity contribution in [3.05, 3.63) is 29.3 Å². The van der Waals surface area contributed by atoms with Gasteiger partial charge in [0.25, 0.3) is 0 Å². The van der Waals surface area contributed by atoms with Crippen LogP contribution < -0.4 is 0 Å². The smallest absolute Gasteiger partial charge is 0.324 e. The molecule has 1 aromatic carbocycles. The zero-order valence-electron chi connectivity index (χ0n) is 11.8. The molecule has 0 aliphatic rings. The summed E-state index contributed by atoms with van der Waals surface area (Å²) in [6.45, 7) is 7.06. The maximum Gasteiger partial charge on any atom is 0.324 e. The van der Waals surface area contributed by atoms with Crippen molar-refractivity contribution >= 4 is 15.8 Å². The van der Waals surface area contributed by atoms with Crippen molar-refractivity contribution in [3.63, 3.8) is 0 Å². The number of carbonyl (C=O) groups is 1. The predicted molar refractivity (Wildman–Crippen MR) is 73.8 cm³/mol. The SMILES string of the molecule is CCOC(=O)C(CC)S(=O)(=O)c1cc(C)ccc1C. The number of carbonyl (C=O) groups excluding carboxylic acids is 1. The second-order valence-electron chi connectivity index (χ2n) is 4.46. The molecule has 0 aromatic heterocycles. The summed E-state index contributed by atoms with van der Waals surface area (Å²) in [6, 6.07) is 5.20. The van der Waals surface area contributed by atoms with Crippen LogP contribution in [0.15, 0.2) is 23.1 Å². The molecule has 0 N–H and O–H groups in total. The third kappa shape index (κ3) is 3.35. The molecule has 0 aliphatic heterocycles. The number of hydrogen-bond donors (Lipinski definition) is 0. The fourth-order valence-electron chi connectivity index (χ4n) is 1.92. The van der Waals surface area contributed by atoms with E-state index < -0.39 is 21.1 Å². The van der Waals surface area contributed by atoms with Gasteiger partial charge in [0.15, 0.2) is 15.1 Å². The molecule has 5 heteroatoms. The lowest BCUT2D eigenvalue weighted by atomic mass is 10.2. The monoisotopic (exact) mass is 284 g/mol. The molecule has 4 nitrogen and oxygen atoms in total.